The van der Waals surface area contributed by atoms with Gasteiger partial charge in [-0.3, -0.25) is 19.1 Å². The second kappa shape index (κ2) is 15.6. The lowest BCUT2D eigenvalue weighted by Crippen LogP contribution is -2.61. The zero-order chi connectivity index (χ0) is 41.6. The molecule has 3 heterocycles. The van der Waals surface area contributed by atoms with E-state index in [0.29, 0.717) is 56.1 Å². The monoisotopic (exact) mass is 823 g/mol. The van der Waals surface area contributed by atoms with E-state index in [1.807, 2.05) is 0 Å². The van der Waals surface area contributed by atoms with Crippen molar-refractivity contribution in [3.8, 4) is 11.6 Å². The van der Waals surface area contributed by atoms with E-state index in [1.165, 1.54) is 20.2 Å². The second-order valence-corrected chi connectivity index (χ2v) is 17.9. The SMILES string of the molecule is CC[C@@H]1OCCC/C=C\[C@@H]2C[C@@]2(C(=O)NS(=O)(=O)C2(C)CC2)NC(=O)[C@@H]2C[C@@H](Oc3ncc(OC)c4ccccc34)CN2C(=O)[C@H]1NC(=O)OC(C)(C)C(F)(F)F. The van der Waals surface area contributed by atoms with Crippen LogP contribution in [0, 0.1) is 5.92 Å². The number of alkyl halides is 3. The molecule has 2 aliphatic carbocycles. The first-order valence-corrected chi connectivity index (χ1v) is 20.4. The van der Waals surface area contributed by atoms with E-state index in [0.717, 1.165) is 4.90 Å². The van der Waals surface area contributed by atoms with Gasteiger partial charge in [0.25, 0.3) is 5.91 Å². The molecule has 1 saturated heterocycles. The molecule has 0 radical (unpaired) electrons. The standard InChI is InChI=1S/C38H48F3N5O10S/c1-6-27-29(43-34(50)56-35(2,3)38(39,40)41)32(48)46-21-23(55-31-25-14-10-9-13-24(25)28(53-5)20-42-31)18-26(46)30(47)44-37(19-22(37)12-8-7-11-17-54-27)33(49)45-57(51,52)36(4)15-16-36/h8-10,12-14,20,22-23,26-27,29H,6-7,11,15-19,21H2,1-5H3,(H,43,50)(H,44,47)(H,45,49)/b12-8-/t22-,23-,26+,27+,29+,37-/m1/s1. The number of ether oxygens (including phenoxy) is 4. The van der Waals surface area contributed by atoms with Crippen LogP contribution in [0.1, 0.15) is 72.6 Å². The Balaban J connectivity index is 1.35. The van der Waals surface area contributed by atoms with Crippen LogP contribution in [0.2, 0.25) is 0 Å². The number of rotatable bonds is 9. The van der Waals surface area contributed by atoms with Crippen LogP contribution < -0.4 is 24.8 Å². The van der Waals surface area contributed by atoms with Crippen LogP contribution in [0.15, 0.2) is 42.6 Å². The van der Waals surface area contributed by atoms with Crippen LogP contribution in [-0.4, -0.2) is 109 Å². The van der Waals surface area contributed by atoms with Crippen LogP contribution in [-0.2, 0) is 33.9 Å². The molecule has 0 bridgehead atoms. The number of sulfonamides is 1. The van der Waals surface area contributed by atoms with Crippen LogP contribution in [0.3, 0.4) is 0 Å². The predicted octanol–water partition coefficient (Wildman–Crippen LogP) is 4.05. The zero-order valence-electron chi connectivity index (χ0n) is 32.3. The molecule has 312 valence electrons. The van der Waals surface area contributed by atoms with Gasteiger partial charge in [0.2, 0.25) is 33.3 Å². The molecule has 0 spiro atoms. The summed E-state index contributed by atoms with van der Waals surface area (Å²) in [5, 5.41) is 6.30. The average Bonchev–Trinajstić information content (AvgIpc) is 4.03. The van der Waals surface area contributed by atoms with Crippen LogP contribution in [0.25, 0.3) is 10.8 Å². The number of amides is 4. The number of carbonyl (C=O) groups excluding carboxylic acids is 4. The Labute approximate surface area is 328 Å². The number of hydrogen-bond donors (Lipinski definition) is 3. The smallest absolute Gasteiger partial charge is 0.427 e. The second-order valence-electron chi connectivity index (χ2n) is 15.7. The summed E-state index contributed by atoms with van der Waals surface area (Å²) in [6.45, 7) is 4.34. The Morgan fingerprint density at radius 3 is 2.49 bits per heavy atom. The molecule has 3 N–H and O–H groups in total. The van der Waals surface area contributed by atoms with Crippen molar-refractivity contribution in [2.75, 3.05) is 20.3 Å². The number of nitrogens with one attached hydrogen (secondary N) is 3. The number of halogens is 3. The minimum absolute atomic E-state index is 0.0765. The van der Waals surface area contributed by atoms with E-state index in [1.54, 1.807) is 43.3 Å². The van der Waals surface area contributed by atoms with Gasteiger partial charge in [-0.15, -0.1) is 0 Å². The van der Waals surface area contributed by atoms with Crippen molar-refractivity contribution in [3.05, 3.63) is 42.6 Å². The van der Waals surface area contributed by atoms with Gasteiger partial charge in [-0.1, -0.05) is 37.3 Å². The highest BCUT2D eigenvalue weighted by atomic mass is 32.2. The molecule has 19 heteroatoms. The van der Waals surface area contributed by atoms with Crippen molar-refractivity contribution in [2.45, 2.75) is 119 Å². The Hall–Kier alpha value is -4.65. The maximum absolute atomic E-state index is 14.7. The van der Waals surface area contributed by atoms with Crippen molar-refractivity contribution in [3.63, 3.8) is 0 Å². The first kappa shape index (κ1) is 42.0. The number of carbonyl (C=O) groups is 4. The van der Waals surface area contributed by atoms with Crippen molar-refractivity contribution in [1.29, 1.82) is 0 Å². The number of nitrogens with zero attached hydrogens (tertiary/aromatic N) is 2. The third-order valence-electron chi connectivity index (χ3n) is 11.2. The molecule has 57 heavy (non-hydrogen) atoms. The minimum atomic E-state index is -4.94. The summed E-state index contributed by atoms with van der Waals surface area (Å²) in [5.74, 6) is -2.55. The fraction of sp³-hybridized carbons (Fsp3) is 0.605. The van der Waals surface area contributed by atoms with E-state index in [-0.39, 0.29) is 38.3 Å². The third-order valence-corrected chi connectivity index (χ3v) is 13.4. The summed E-state index contributed by atoms with van der Waals surface area (Å²) >= 11 is 0. The number of fused-ring (bicyclic) bond motifs is 3. The molecule has 0 unspecified atom stereocenters. The first-order valence-electron chi connectivity index (χ1n) is 18.9. The summed E-state index contributed by atoms with van der Waals surface area (Å²) < 4.78 is 91.1. The molecule has 3 fully saturated rings. The largest absolute Gasteiger partial charge is 0.494 e. The number of allylic oxidation sites excluding steroid dienone is 1. The van der Waals surface area contributed by atoms with Gasteiger partial charge in [-0.2, -0.15) is 13.2 Å². The van der Waals surface area contributed by atoms with Gasteiger partial charge in [0, 0.05) is 29.7 Å². The third kappa shape index (κ3) is 8.49. The molecule has 1 aromatic heterocycles. The fourth-order valence-electron chi connectivity index (χ4n) is 7.08. The van der Waals surface area contributed by atoms with E-state index in [4.69, 9.17) is 18.9 Å². The van der Waals surface area contributed by atoms with Crippen molar-refractivity contribution in [2.24, 2.45) is 5.92 Å². The summed E-state index contributed by atoms with van der Waals surface area (Å²) in [6.07, 6.45) is -1.84. The Morgan fingerprint density at radius 1 is 1.14 bits per heavy atom. The van der Waals surface area contributed by atoms with Crippen LogP contribution in [0.5, 0.6) is 11.6 Å². The quantitative estimate of drug-likeness (QED) is 0.310. The summed E-state index contributed by atoms with van der Waals surface area (Å²) in [4.78, 5) is 61.6. The Kier molecular flexibility index (Phi) is 11.5. The number of hydrogen-bond acceptors (Lipinski definition) is 11. The molecule has 1 aromatic carbocycles. The maximum atomic E-state index is 14.7. The normalized spacial score (nSPS) is 28.4. The Morgan fingerprint density at radius 2 is 1.84 bits per heavy atom. The summed E-state index contributed by atoms with van der Waals surface area (Å²) in [5.41, 5.74) is -4.58. The Bertz CT molecular complexity index is 2040. The van der Waals surface area contributed by atoms with Crippen LogP contribution in [0.4, 0.5) is 18.0 Å². The molecule has 2 saturated carbocycles. The number of pyridine rings is 1. The van der Waals surface area contributed by atoms with Crippen molar-refractivity contribution >= 4 is 44.6 Å². The molecule has 4 aliphatic rings. The number of aromatic nitrogens is 1. The lowest BCUT2D eigenvalue weighted by Gasteiger charge is -2.34. The van der Waals surface area contributed by atoms with E-state index >= 15 is 0 Å². The first-order chi connectivity index (χ1) is 26.8. The lowest BCUT2D eigenvalue weighted by molar-refractivity contribution is -0.244. The van der Waals surface area contributed by atoms with Gasteiger partial charge in [0.1, 0.15) is 29.5 Å². The minimum Gasteiger partial charge on any atom is -0.494 e. The fourth-order valence-corrected chi connectivity index (χ4v) is 8.39. The molecule has 2 aromatic rings. The van der Waals surface area contributed by atoms with Crippen molar-refractivity contribution < 1.29 is 59.7 Å². The van der Waals surface area contributed by atoms with Gasteiger partial charge in [0.05, 0.1) is 30.7 Å². The topological polar surface area (TPSA) is 192 Å². The van der Waals surface area contributed by atoms with Crippen molar-refractivity contribution in [1.82, 2.24) is 25.2 Å². The van der Waals surface area contributed by atoms with Gasteiger partial charge in [0.15, 0.2) is 0 Å². The van der Waals surface area contributed by atoms with E-state index in [9.17, 15) is 40.8 Å². The van der Waals surface area contributed by atoms with E-state index in [2.05, 4.69) is 20.3 Å². The highest BCUT2D eigenvalue weighted by Crippen LogP contribution is 2.47. The summed E-state index contributed by atoms with van der Waals surface area (Å²) in [7, 11) is -2.60. The molecule has 4 amide bonds. The number of benzene rings is 1. The molecule has 6 rings (SSSR count). The average molecular weight is 824 g/mol. The number of alkyl carbamates (subject to hydrolysis) is 1. The van der Waals surface area contributed by atoms with Gasteiger partial charge in [-0.25, -0.2) is 18.2 Å². The van der Waals surface area contributed by atoms with Crippen LogP contribution >= 0.6 is 0 Å². The highest BCUT2D eigenvalue weighted by molar-refractivity contribution is 7.91. The maximum Gasteiger partial charge on any atom is 0.427 e. The zero-order valence-corrected chi connectivity index (χ0v) is 33.1. The van der Waals surface area contributed by atoms with E-state index < -0.39 is 86.1 Å². The van der Waals surface area contributed by atoms with Gasteiger partial charge >= 0.3 is 12.3 Å². The highest BCUT2D eigenvalue weighted by Gasteiger charge is 2.63. The predicted molar refractivity (Wildman–Crippen MR) is 198 cm³/mol. The van der Waals surface area contributed by atoms with Gasteiger partial charge < -0.3 is 34.5 Å². The molecule has 2 aliphatic heterocycles. The number of methoxy groups -OCH3 is 1. The molecular weight excluding hydrogens is 776 g/mol. The molecular formula is C38H48F3N5O10S. The molecule has 15 nitrogen and oxygen atoms in total. The molecule has 6 atom stereocenters. The van der Waals surface area contributed by atoms with Gasteiger partial charge in [-0.05, 0) is 65.4 Å². The summed E-state index contributed by atoms with van der Waals surface area (Å²) in [6, 6.07) is 4.12. The lowest BCUT2D eigenvalue weighted by atomic mass is 10.1.